The van der Waals surface area contributed by atoms with Crippen LogP contribution < -0.4 is 0 Å². The molecule has 1 saturated heterocycles. The van der Waals surface area contributed by atoms with Crippen molar-refractivity contribution in [1.82, 2.24) is 0 Å². The van der Waals surface area contributed by atoms with Crippen LogP contribution in [0.2, 0.25) is 0 Å². The molecule has 0 aromatic heterocycles. The quantitative estimate of drug-likeness (QED) is 0.605. The van der Waals surface area contributed by atoms with Gasteiger partial charge in [-0.05, 0) is 0 Å². The van der Waals surface area contributed by atoms with Crippen LogP contribution in [-0.4, -0.2) is 24.1 Å². The maximum absolute atomic E-state index is 2.66. The Kier molecular flexibility index (Phi) is 4.65. The van der Waals surface area contributed by atoms with E-state index in [0.29, 0.717) is 0 Å². The molecule has 3 unspecified atom stereocenters. The van der Waals surface area contributed by atoms with E-state index in [1.54, 1.807) is 6.16 Å². The summed E-state index contributed by atoms with van der Waals surface area (Å²) < 4.78 is 0. The second-order valence-electron chi connectivity index (χ2n) is 6.58. The molecule has 0 amide bonds. The molecule has 92 valence electrons. The van der Waals surface area contributed by atoms with Gasteiger partial charge in [-0.15, -0.1) is 0 Å². The van der Waals surface area contributed by atoms with Crippen LogP contribution in [0.4, 0.5) is 0 Å². The number of hydrogen-bond acceptors (Lipinski definition) is 0. The van der Waals surface area contributed by atoms with Gasteiger partial charge in [0.05, 0.1) is 0 Å². The molecule has 15 heavy (non-hydrogen) atoms. The van der Waals surface area contributed by atoms with Crippen LogP contribution in [-0.2, 0) is 0 Å². The Balaban J connectivity index is 2.47. The van der Waals surface area contributed by atoms with Gasteiger partial charge >= 0.3 is 97.1 Å². The van der Waals surface area contributed by atoms with Gasteiger partial charge in [0.2, 0.25) is 0 Å². The van der Waals surface area contributed by atoms with Gasteiger partial charge in [-0.2, -0.15) is 0 Å². The molecule has 1 heteroatoms. The Morgan fingerprint density at radius 3 is 2.27 bits per heavy atom. The topological polar surface area (TPSA) is 0 Å². The predicted molar refractivity (Wildman–Crippen MR) is 75.9 cm³/mol. The Morgan fingerprint density at radius 1 is 1.27 bits per heavy atom. The van der Waals surface area contributed by atoms with Crippen molar-refractivity contribution < 1.29 is 0 Å². The van der Waals surface area contributed by atoms with Gasteiger partial charge in [0.1, 0.15) is 0 Å². The monoisotopic (exact) mass is 230 g/mol. The average Bonchev–Trinajstić information content (AvgIpc) is 2.16. The molecular formula is C14H31P. The van der Waals surface area contributed by atoms with Crippen molar-refractivity contribution in [2.75, 3.05) is 12.8 Å². The standard InChI is InChI=1S/C14H31P/c1-7-8-12(4)15(6)10-14(13(15)5)9-11(2)3/h11-15H,7-10H2,1-6H3. The van der Waals surface area contributed by atoms with E-state index < -0.39 is 7.26 Å². The maximum atomic E-state index is 2.66. The molecule has 1 rings (SSSR count). The Labute approximate surface area is 97.6 Å². The summed E-state index contributed by atoms with van der Waals surface area (Å²) >= 11 is 0. The predicted octanol–water partition coefficient (Wildman–Crippen LogP) is 4.62. The molecule has 0 aromatic carbocycles. The first-order valence-electron chi connectivity index (χ1n) is 6.91. The van der Waals surface area contributed by atoms with Gasteiger partial charge in [-0.25, -0.2) is 0 Å². The first-order chi connectivity index (χ1) is 6.91. The van der Waals surface area contributed by atoms with Gasteiger partial charge in [-0.1, -0.05) is 0 Å². The van der Waals surface area contributed by atoms with Crippen LogP contribution in [0.1, 0.15) is 53.9 Å². The minimum atomic E-state index is -0.854. The first-order valence-corrected chi connectivity index (χ1v) is 9.78. The van der Waals surface area contributed by atoms with Crippen molar-refractivity contribution in [1.29, 1.82) is 0 Å². The molecule has 0 spiro atoms. The first kappa shape index (κ1) is 13.5. The Morgan fingerprint density at radius 2 is 1.87 bits per heavy atom. The molecule has 1 aliphatic heterocycles. The fourth-order valence-corrected chi connectivity index (χ4v) is 8.77. The summed E-state index contributed by atoms with van der Waals surface area (Å²) in [5, 5.41) is 0. The van der Waals surface area contributed by atoms with Crippen molar-refractivity contribution in [3.05, 3.63) is 0 Å². The van der Waals surface area contributed by atoms with Gasteiger partial charge in [0.25, 0.3) is 0 Å². The van der Waals surface area contributed by atoms with Crippen molar-refractivity contribution >= 4 is 7.26 Å². The SMILES string of the molecule is CCCC(C)[PH]1(C)CC(CC(C)C)C1C. The van der Waals surface area contributed by atoms with Gasteiger partial charge in [-0.3, -0.25) is 0 Å². The van der Waals surface area contributed by atoms with Gasteiger partial charge in [0, 0.05) is 0 Å². The zero-order valence-electron chi connectivity index (χ0n) is 11.6. The second kappa shape index (κ2) is 5.17. The number of hydrogen-bond donors (Lipinski definition) is 0. The van der Waals surface area contributed by atoms with Gasteiger partial charge < -0.3 is 0 Å². The van der Waals surface area contributed by atoms with E-state index in [1.165, 1.54) is 19.3 Å². The molecule has 0 bridgehead atoms. The minimum absolute atomic E-state index is 0.854. The van der Waals surface area contributed by atoms with Crippen LogP contribution >= 0.6 is 7.26 Å². The van der Waals surface area contributed by atoms with E-state index >= 15 is 0 Å². The molecule has 1 aliphatic rings. The van der Waals surface area contributed by atoms with Crippen molar-refractivity contribution in [2.24, 2.45) is 11.8 Å². The summed E-state index contributed by atoms with van der Waals surface area (Å²) in [7, 11) is -0.854. The molecule has 0 nitrogen and oxygen atoms in total. The third-order valence-electron chi connectivity index (χ3n) is 5.07. The molecule has 1 fully saturated rings. The molecule has 0 saturated carbocycles. The molecule has 0 radical (unpaired) electrons. The molecular weight excluding hydrogens is 199 g/mol. The van der Waals surface area contributed by atoms with E-state index in [2.05, 4.69) is 41.3 Å². The van der Waals surface area contributed by atoms with E-state index in [1.807, 2.05) is 0 Å². The second-order valence-corrected chi connectivity index (χ2v) is 11.9. The fourth-order valence-electron chi connectivity index (χ4n) is 3.61. The summed E-state index contributed by atoms with van der Waals surface area (Å²) in [5.41, 5.74) is 2.14. The zero-order valence-corrected chi connectivity index (χ0v) is 12.6. The molecule has 0 N–H and O–H groups in total. The normalized spacial score (nSPS) is 33.5. The summed E-state index contributed by atoms with van der Waals surface area (Å²) in [6, 6.07) is 0. The van der Waals surface area contributed by atoms with Crippen LogP contribution in [0.25, 0.3) is 0 Å². The van der Waals surface area contributed by atoms with E-state index in [4.69, 9.17) is 0 Å². The zero-order chi connectivity index (χ0) is 11.6. The third-order valence-corrected chi connectivity index (χ3v) is 11.6. The van der Waals surface area contributed by atoms with Crippen LogP contribution in [0.3, 0.4) is 0 Å². The number of rotatable bonds is 5. The summed E-state index contributed by atoms with van der Waals surface area (Å²) in [5.74, 6) is 1.97. The Hall–Kier alpha value is 0.430. The van der Waals surface area contributed by atoms with Gasteiger partial charge in [0.15, 0.2) is 0 Å². The van der Waals surface area contributed by atoms with Crippen LogP contribution in [0.5, 0.6) is 0 Å². The van der Waals surface area contributed by atoms with E-state index in [0.717, 1.165) is 23.2 Å². The molecule has 3 atom stereocenters. The van der Waals surface area contributed by atoms with E-state index in [9.17, 15) is 0 Å². The van der Waals surface area contributed by atoms with Crippen molar-refractivity contribution in [3.63, 3.8) is 0 Å². The van der Waals surface area contributed by atoms with Crippen molar-refractivity contribution in [2.45, 2.75) is 65.2 Å². The fraction of sp³-hybridized carbons (Fsp3) is 1.00. The van der Waals surface area contributed by atoms with Crippen molar-refractivity contribution in [3.8, 4) is 0 Å². The molecule has 0 aromatic rings. The molecule has 0 aliphatic carbocycles. The summed E-state index contributed by atoms with van der Waals surface area (Å²) in [6.07, 6.45) is 5.95. The average molecular weight is 230 g/mol. The summed E-state index contributed by atoms with van der Waals surface area (Å²) in [4.78, 5) is 0. The third kappa shape index (κ3) is 2.76. The van der Waals surface area contributed by atoms with E-state index in [-0.39, 0.29) is 0 Å². The van der Waals surface area contributed by atoms with Crippen LogP contribution in [0.15, 0.2) is 0 Å². The molecule has 1 heterocycles. The summed E-state index contributed by atoms with van der Waals surface area (Å²) in [6.45, 7) is 14.8. The van der Waals surface area contributed by atoms with Crippen LogP contribution in [0, 0.1) is 11.8 Å². The Bertz CT molecular complexity index is 200.